The predicted octanol–water partition coefficient (Wildman–Crippen LogP) is 1.93. The van der Waals surface area contributed by atoms with Gasteiger partial charge in [-0.25, -0.2) is 4.39 Å². The van der Waals surface area contributed by atoms with Crippen LogP contribution < -0.4 is 20.7 Å². The Balaban J connectivity index is 0.00000280. The number of carbonyl (C=O) groups is 1. The van der Waals surface area contributed by atoms with E-state index in [0.717, 1.165) is 30.5 Å². The molecule has 0 bridgehead atoms. The number of carbonyl (C=O) groups excluding carboxylic acids is 1. The Labute approximate surface area is 181 Å². The average Bonchev–Trinajstić information content (AvgIpc) is 3.50. The molecule has 1 fully saturated rings. The summed E-state index contributed by atoms with van der Waals surface area (Å²) in [4.78, 5) is 16.1. The van der Waals surface area contributed by atoms with Crippen molar-refractivity contribution in [1.29, 1.82) is 0 Å². The molecule has 0 saturated heterocycles. The second kappa shape index (κ2) is 11.4. The minimum atomic E-state index is -0.293. The summed E-state index contributed by atoms with van der Waals surface area (Å²) in [5, 5.41) is 9.27. The van der Waals surface area contributed by atoms with Crippen LogP contribution in [0.25, 0.3) is 0 Å². The predicted molar refractivity (Wildman–Crippen MR) is 116 cm³/mol. The van der Waals surface area contributed by atoms with E-state index in [1.54, 1.807) is 0 Å². The summed E-state index contributed by atoms with van der Waals surface area (Å²) in [6.45, 7) is 4.92. The number of hydrogen-bond acceptors (Lipinski definition) is 4. The third-order valence-corrected chi connectivity index (χ3v) is 4.41. The molecule has 0 atom stereocenters. The zero-order valence-corrected chi connectivity index (χ0v) is 18.4. The smallest absolute Gasteiger partial charge is 0.223 e. The van der Waals surface area contributed by atoms with Gasteiger partial charge in [0.25, 0.3) is 0 Å². The highest BCUT2D eigenvalue weighted by Gasteiger charge is 2.28. The van der Waals surface area contributed by atoms with Crippen molar-refractivity contribution >= 4 is 35.8 Å². The summed E-state index contributed by atoms with van der Waals surface area (Å²) in [5.74, 6) is 1.44. The Kier molecular flexibility index (Phi) is 9.23. The molecule has 7 nitrogen and oxygen atoms in total. The fourth-order valence-electron chi connectivity index (χ4n) is 2.93. The summed E-state index contributed by atoms with van der Waals surface area (Å²) >= 11 is 0. The summed E-state index contributed by atoms with van der Waals surface area (Å²) in [6.07, 6.45) is 2.57. The van der Waals surface area contributed by atoms with Gasteiger partial charge in [0.1, 0.15) is 11.6 Å². The van der Waals surface area contributed by atoms with Crippen molar-refractivity contribution in [2.24, 2.45) is 10.9 Å². The molecular formula is C19H28FIN4O3. The molecule has 0 aromatic heterocycles. The molecule has 3 N–H and O–H groups in total. The van der Waals surface area contributed by atoms with E-state index in [0.29, 0.717) is 44.4 Å². The maximum absolute atomic E-state index is 13.8. The Bertz CT molecular complexity index is 698. The molecule has 0 unspecified atom stereocenters. The molecule has 1 aliphatic heterocycles. The van der Waals surface area contributed by atoms with Crippen LogP contribution in [0.3, 0.4) is 0 Å². The van der Waals surface area contributed by atoms with Gasteiger partial charge in [0.15, 0.2) is 12.8 Å². The van der Waals surface area contributed by atoms with Crippen molar-refractivity contribution in [2.45, 2.75) is 32.8 Å². The van der Waals surface area contributed by atoms with E-state index in [1.807, 2.05) is 6.92 Å². The van der Waals surface area contributed by atoms with Crippen LogP contribution in [0.1, 0.15) is 30.9 Å². The standard InChI is InChI=1S/C19H27FN4O3.HI/c1-2-21-19(24-8-7-22-18(25)13-3-4-13)23-6-5-14-9-16(20)10-15-11-26-12-27-17(14)15;/h9-10,13H,2-8,11-12H2,1H3,(H,22,25)(H2,21,23,24);1H. The Hall–Kier alpha value is -1.62. The van der Waals surface area contributed by atoms with Crippen LogP contribution in [-0.2, 0) is 22.6 Å². The van der Waals surface area contributed by atoms with Crippen molar-refractivity contribution in [3.8, 4) is 5.75 Å². The van der Waals surface area contributed by atoms with Gasteiger partial charge in [-0.3, -0.25) is 9.79 Å². The lowest BCUT2D eigenvalue weighted by atomic mass is 10.1. The number of fused-ring (bicyclic) bond motifs is 1. The summed E-state index contributed by atoms with van der Waals surface area (Å²) < 4.78 is 24.5. The molecule has 28 heavy (non-hydrogen) atoms. The number of amides is 1. The topological polar surface area (TPSA) is 84.0 Å². The third-order valence-electron chi connectivity index (χ3n) is 4.41. The lowest BCUT2D eigenvalue weighted by Crippen LogP contribution is -2.41. The molecule has 156 valence electrons. The lowest BCUT2D eigenvalue weighted by molar-refractivity contribution is -0.122. The average molecular weight is 506 g/mol. The SMILES string of the molecule is CCNC(=NCCc1cc(F)cc2c1OCOC2)NCCNC(=O)C1CC1.I. The maximum Gasteiger partial charge on any atom is 0.223 e. The largest absolute Gasteiger partial charge is 0.467 e. The van der Waals surface area contributed by atoms with Crippen LogP contribution in [0, 0.1) is 11.7 Å². The number of guanidine groups is 1. The molecule has 1 saturated carbocycles. The first-order valence-electron chi connectivity index (χ1n) is 9.49. The number of aliphatic imine (C=N–C) groups is 1. The minimum absolute atomic E-state index is 0. The number of ether oxygens (including phenoxy) is 2. The van der Waals surface area contributed by atoms with Gasteiger partial charge in [0.05, 0.1) is 6.61 Å². The third kappa shape index (κ3) is 6.77. The quantitative estimate of drug-likeness (QED) is 0.217. The van der Waals surface area contributed by atoms with Crippen molar-refractivity contribution in [2.75, 3.05) is 33.0 Å². The Morgan fingerprint density at radius 3 is 2.79 bits per heavy atom. The van der Waals surface area contributed by atoms with Gasteiger partial charge in [-0.1, -0.05) is 0 Å². The Morgan fingerprint density at radius 2 is 2.04 bits per heavy atom. The van der Waals surface area contributed by atoms with Gasteiger partial charge >= 0.3 is 0 Å². The number of halogens is 2. The highest BCUT2D eigenvalue weighted by Crippen LogP contribution is 2.30. The van der Waals surface area contributed by atoms with Crippen LogP contribution in [-0.4, -0.2) is 44.8 Å². The van der Waals surface area contributed by atoms with E-state index in [1.165, 1.54) is 12.1 Å². The van der Waals surface area contributed by atoms with Crippen molar-refractivity contribution in [3.63, 3.8) is 0 Å². The van der Waals surface area contributed by atoms with Gasteiger partial charge in [0, 0.05) is 37.7 Å². The van der Waals surface area contributed by atoms with E-state index in [4.69, 9.17) is 9.47 Å². The fraction of sp³-hybridized carbons (Fsp3) is 0.579. The number of nitrogens with one attached hydrogen (secondary N) is 3. The first-order valence-corrected chi connectivity index (χ1v) is 9.49. The van der Waals surface area contributed by atoms with E-state index >= 15 is 0 Å². The molecule has 2 aliphatic rings. The Morgan fingerprint density at radius 1 is 1.25 bits per heavy atom. The number of benzene rings is 1. The van der Waals surface area contributed by atoms with Gasteiger partial charge in [-0.15, -0.1) is 24.0 Å². The van der Waals surface area contributed by atoms with Crippen LogP contribution >= 0.6 is 24.0 Å². The molecule has 3 rings (SSSR count). The van der Waals surface area contributed by atoms with Crippen LogP contribution in [0.4, 0.5) is 4.39 Å². The van der Waals surface area contributed by atoms with Crippen LogP contribution in [0.15, 0.2) is 17.1 Å². The van der Waals surface area contributed by atoms with Gasteiger partial charge in [0.2, 0.25) is 5.91 Å². The molecule has 1 aliphatic carbocycles. The normalized spacial score (nSPS) is 15.7. The molecule has 9 heteroatoms. The minimum Gasteiger partial charge on any atom is -0.467 e. The maximum atomic E-state index is 13.8. The van der Waals surface area contributed by atoms with Crippen LogP contribution in [0.5, 0.6) is 5.75 Å². The summed E-state index contributed by atoms with van der Waals surface area (Å²) in [5.41, 5.74) is 1.53. The highest BCUT2D eigenvalue weighted by atomic mass is 127. The van der Waals surface area contributed by atoms with Gasteiger partial charge < -0.3 is 25.4 Å². The van der Waals surface area contributed by atoms with Crippen molar-refractivity contribution < 1.29 is 18.7 Å². The fourth-order valence-corrected chi connectivity index (χ4v) is 2.93. The van der Waals surface area contributed by atoms with E-state index in [-0.39, 0.29) is 48.4 Å². The zero-order chi connectivity index (χ0) is 19.1. The van der Waals surface area contributed by atoms with Crippen molar-refractivity contribution in [1.82, 2.24) is 16.0 Å². The second-order valence-electron chi connectivity index (χ2n) is 6.67. The highest BCUT2D eigenvalue weighted by molar-refractivity contribution is 14.0. The van der Waals surface area contributed by atoms with E-state index in [2.05, 4.69) is 20.9 Å². The zero-order valence-electron chi connectivity index (χ0n) is 16.1. The first kappa shape index (κ1) is 22.7. The van der Waals surface area contributed by atoms with Crippen molar-refractivity contribution in [3.05, 3.63) is 29.1 Å². The molecule has 0 radical (unpaired) electrons. The second-order valence-corrected chi connectivity index (χ2v) is 6.67. The number of rotatable bonds is 8. The van der Waals surface area contributed by atoms with E-state index in [9.17, 15) is 9.18 Å². The molecule has 1 aromatic carbocycles. The van der Waals surface area contributed by atoms with Gasteiger partial charge in [-0.2, -0.15) is 0 Å². The first-order chi connectivity index (χ1) is 13.2. The molecule has 1 aromatic rings. The van der Waals surface area contributed by atoms with Crippen LogP contribution in [0.2, 0.25) is 0 Å². The van der Waals surface area contributed by atoms with Gasteiger partial charge in [-0.05, 0) is 43.9 Å². The summed E-state index contributed by atoms with van der Waals surface area (Å²) in [6, 6.07) is 2.94. The summed E-state index contributed by atoms with van der Waals surface area (Å²) in [7, 11) is 0. The van der Waals surface area contributed by atoms with E-state index < -0.39 is 0 Å². The monoisotopic (exact) mass is 506 g/mol. The number of hydrogen-bond donors (Lipinski definition) is 3. The molecule has 0 spiro atoms. The lowest BCUT2D eigenvalue weighted by Gasteiger charge is -2.20. The molecule has 1 amide bonds. The molecular weight excluding hydrogens is 478 g/mol. The molecule has 1 heterocycles. The number of nitrogens with zero attached hydrogens (tertiary/aromatic N) is 1.